The minimum atomic E-state index is -0.904. The van der Waals surface area contributed by atoms with Crippen LogP contribution in [0.25, 0.3) is 0 Å². The van der Waals surface area contributed by atoms with Crippen LogP contribution in [0.3, 0.4) is 0 Å². The maximum atomic E-state index is 10.8. The van der Waals surface area contributed by atoms with Crippen molar-refractivity contribution < 1.29 is 19.4 Å². The quantitative estimate of drug-likeness (QED) is 0.764. The van der Waals surface area contributed by atoms with Gasteiger partial charge in [0.05, 0.1) is 6.61 Å². The standard InChI is InChI=1S/C12H18O4S/c1-8(2)7-15-4-5-16-10-6-9(3)11(17-10)12(13)14/h6,8H,4-5,7H2,1-3H3,(H,13,14). The van der Waals surface area contributed by atoms with Gasteiger partial charge in [0.25, 0.3) is 0 Å². The third-order valence-electron chi connectivity index (χ3n) is 2.01. The first-order valence-corrected chi connectivity index (χ1v) is 6.36. The van der Waals surface area contributed by atoms with Crippen molar-refractivity contribution in [3.63, 3.8) is 0 Å². The van der Waals surface area contributed by atoms with E-state index in [4.69, 9.17) is 14.6 Å². The maximum Gasteiger partial charge on any atom is 0.346 e. The molecule has 0 aliphatic carbocycles. The highest BCUT2D eigenvalue weighted by atomic mass is 32.1. The first-order valence-electron chi connectivity index (χ1n) is 5.55. The molecule has 1 rings (SSSR count). The van der Waals surface area contributed by atoms with Gasteiger partial charge < -0.3 is 14.6 Å². The summed E-state index contributed by atoms with van der Waals surface area (Å²) >= 11 is 1.15. The molecular formula is C12H18O4S. The van der Waals surface area contributed by atoms with E-state index >= 15 is 0 Å². The molecule has 1 aromatic rings. The predicted molar refractivity (Wildman–Crippen MR) is 67.2 cm³/mol. The van der Waals surface area contributed by atoms with Gasteiger partial charge in [-0.1, -0.05) is 25.2 Å². The fraction of sp³-hybridized carbons (Fsp3) is 0.583. The fourth-order valence-corrected chi connectivity index (χ4v) is 2.14. The van der Waals surface area contributed by atoms with E-state index in [9.17, 15) is 4.79 Å². The molecule has 5 heteroatoms. The van der Waals surface area contributed by atoms with Crippen LogP contribution in [0.2, 0.25) is 0 Å². The SMILES string of the molecule is Cc1cc(OCCOCC(C)C)sc1C(=O)O. The van der Waals surface area contributed by atoms with Gasteiger partial charge in [0.1, 0.15) is 11.5 Å². The molecule has 0 aliphatic heterocycles. The zero-order valence-corrected chi connectivity index (χ0v) is 11.2. The Kier molecular flexibility index (Phi) is 5.44. The lowest BCUT2D eigenvalue weighted by molar-refractivity contribution is 0.0701. The van der Waals surface area contributed by atoms with E-state index in [1.807, 2.05) is 0 Å². The van der Waals surface area contributed by atoms with Crippen molar-refractivity contribution >= 4 is 17.3 Å². The third kappa shape index (κ3) is 4.75. The summed E-state index contributed by atoms with van der Waals surface area (Å²) in [5.41, 5.74) is 0.737. The third-order valence-corrected chi connectivity index (χ3v) is 3.15. The molecule has 0 aromatic carbocycles. The Bertz CT molecular complexity index is 371. The van der Waals surface area contributed by atoms with Crippen LogP contribution >= 0.6 is 11.3 Å². The Hall–Kier alpha value is -1.07. The number of aromatic carboxylic acids is 1. The first-order chi connectivity index (χ1) is 8.00. The second kappa shape index (κ2) is 6.61. The second-order valence-electron chi connectivity index (χ2n) is 4.20. The van der Waals surface area contributed by atoms with E-state index in [0.717, 1.165) is 16.9 Å². The molecule has 0 saturated carbocycles. The summed E-state index contributed by atoms with van der Waals surface area (Å²) in [6, 6.07) is 1.75. The van der Waals surface area contributed by atoms with Crippen molar-refractivity contribution in [3.05, 3.63) is 16.5 Å². The van der Waals surface area contributed by atoms with Crippen LogP contribution in [0.1, 0.15) is 29.1 Å². The Balaban J connectivity index is 2.32. The molecule has 1 aromatic heterocycles. The molecule has 0 spiro atoms. The second-order valence-corrected chi connectivity index (χ2v) is 5.21. The number of rotatable bonds is 7. The van der Waals surface area contributed by atoms with Gasteiger partial charge in [-0.2, -0.15) is 0 Å². The van der Waals surface area contributed by atoms with E-state index in [2.05, 4.69) is 13.8 Å². The number of hydrogen-bond acceptors (Lipinski definition) is 4. The molecule has 0 atom stereocenters. The number of carboxylic acid groups (broad SMARTS) is 1. The monoisotopic (exact) mass is 258 g/mol. The summed E-state index contributed by atoms with van der Waals surface area (Å²) in [5.74, 6) is -0.393. The molecule has 0 fully saturated rings. The summed E-state index contributed by atoms with van der Waals surface area (Å²) in [7, 11) is 0. The van der Waals surface area contributed by atoms with E-state index < -0.39 is 5.97 Å². The Morgan fingerprint density at radius 3 is 2.71 bits per heavy atom. The summed E-state index contributed by atoms with van der Waals surface area (Å²) < 4.78 is 10.8. The topological polar surface area (TPSA) is 55.8 Å². The number of carbonyl (C=O) groups is 1. The van der Waals surface area contributed by atoms with Crippen molar-refractivity contribution in [1.29, 1.82) is 0 Å². The van der Waals surface area contributed by atoms with Crippen LogP contribution in [0, 0.1) is 12.8 Å². The molecule has 0 aliphatic rings. The molecule has 1 heterocycles. The normalized spacial score (nSPS) is 10.8. The fourth-order valence-electron chi connectivity index (χ4n) is 1.26. The highest BCUT2D eigenvalue weighted by Gasteiger charge is 2.12. The lowest BCUT2D eigenvalue weighted by atomic mass is 10.2. The van der Waals surface area contributed by atoms with Crippen LogP contribution in [0.15, 0.2) is 6.07 Å². The van der Waals surface area contributed by atoms with Gasteiger partial charge in [-0.25, -0.2) is 4.79 Å². The van der Waals surface area contributed by atoms with Gasteiger partial charge in [-0.05, 0) is 24.5 Å². The van der Waals surface area contributed by atoms with Gasteiger partial charge in [0.2, 0.25) is 0 Å². The minimum Gasteiger partial charge on any atom is -0.482 e. The summed E-state index contributed by atoms with van der Waals surface area (Å²) in [6.07, 6.45) is 0. The molecule has 1 N–H and O–H groups in total. The number of ether oxygens (including phenoxy) is 2. The molecule has 17 heavy (non-hydrogen) atoms. The summed E-state index contributed by atoms with van der Waals surface area (Å²) in [5, 5.41) is 9.51. The molecule has 0 amide bonds. The Labute approximate surface area is 105 Å². The molecule has 96 valence electrons. The number of carboxylic acids is 1. The lowest BCUT2D eigenvalue weighted by Gasteiger charge is -2.06. The first kappa shape index (κ1) is 14.0. The zero-order valence-electron chi connectivity index (χ0n) is 10.4. The van der Waals surface area contributed by atoms with E-state index in [1.54, 1.807) is 13.0 Å². The molecule has 0 bridgehead atoms. The van der Waals surface area contributed by atoms with Gasteiger partial charge in [0.15, 0.2) is 5.06 Å². The molecule has 4 nitrogen and oxygen atoms in total. The summed E-state index contributed by atoms with van der Waals surface area (Å²) in [6.45, 7) is 7.63. The average Bonchev–Trinajstić information content (AvgIpc) is 2.59. The van der Waals surface area contributed by atoms with Crippen molar-refractivity contribution in [2.75, 3.05) is 19.8 Å². The largest absolute Gasteiger partial charge is 0.482 e. The molecule has 0 saturated heterocycles. The van der Waals surface area contributed by atoms with E-state index in [0.29, 0.717) is 35.7 Å². The van der Waals surface area contributed by atoms with Gasteiger partial charge >= 0.3 is 5.97 Å². The van der Waals surface area contributed by atoms with Crippen LogP contribution in [-0.4, -0.2) is 30.9 Å². The molecule has 0 radical (unpaired) electrons. The zero-order chi connectivity index (χ0) is 12.8. The van der Waals surface area contributed by atoms with E-state index in [1.165, 1.54) is 0 Å². The number of aryl methyl sites for hydroxylation is 1. The van der Waals surface area contributed by atoms with Crippen molar-refractivity contribution in [1.82, 2.24) is 0 Å². The van der Waals surface area contributed by atoms with Crippen molar-refractivity contribution in [3.8, 4) is 5.06 Å². The maximum absolute atomic E-state index is 10.8. The van der Waals surface area contributed by atoms with Crippen LogP contribution in [0.5, 0.6) is 5.06 Å². The summed E-state index contributed by atoms with van der Waals surface area (Å²) in [4.78, 5) is 11.2. The van der Waals surface area contributed by atoms with Crippen LogP contribution < -0.4 is 4.74 Å². The molecule has 0 unspecified atom stereocenters. The van der Waals surface area contributed by atoms with Crippen molar-refractivity contribution in [2.45, 2.75) is 20.8 Å². The minimum absolute atomic E-state index is 0.336. The van der Waals surface area contributed by atoms with E-state index in [-0.39, 0.29) is 0 Å². The van der Waals surface area contributed by atoms with Crippen LogP contribution in [0.4, 0.5) is 0 Å². The highest BCUT2D eigenvalue weighted by molar-refractivity contribution is 7.15. The lowest BCUT2D eigenvalue weighted by Crippen LogP contribution is -2.09. The number of thiophene rings is 1. The smallest absolute Gasteiger partial charge is 0.346 e. The van der Waals surface area contributed by atoms with Gasteiger partial charge in [0, 0.05) is 6.61 Å². The Morgan fingerprint density at radius 2 is 2.18 bits per heavy atom. The predicted octanol–water partition coefficient (Wildman–Crippen LogP) is 2.81. The van der Waals surface area contributed by atoms with Crippen LogP contribution in [-0.2, 0) is 4.74 Å². The highest BCUT2D eigenvalue weighted by Crippen LogP contribution is 2.28. The van der Waals surface area contributed by atoms with Gasteiger partial charge in [-0.15, -0.1) is 0 Å². The van der Waals surface area contributed by atoms with Crippen molar-refractivity contribution in [2.24, 2.45) is 5.92 Å². The number of hydrogen-bond donors (Lipinski definition) is 1. The van der Waals surface area contributed by atoms with Gasteiger partial charge in [-0.3, -0.25) is 0 Å². The molecular weight excluding hydrogens is 240 g/mol. The average molecular weight is 258 g/mol. The Morgan fingerprint density at radius 1 is 1.47 bits per heavy atom.